The molecule has 0 spiro atoms. The molecule has 26 heavy (non-hydrogen) atoms. The molecule has 7 heteroatoms. The number of aromatic nitrogens is 4. The maximum absolute atomic E-state index is 12.3. The van der Waals surface area contributed by atoms with Crippen LogP contribution in [0.3, 0.4) is 0 Å². The van der Waals surface area contributed by atoms with Gasteiger partial charge in [0.1, 0.15) is 17.8 Å². The normalized spacial score (nSPS) is 10.3. The molecule has 0 unspecified atom stereocenters. The van der Waals surface area contributed by atoms with Crippen LogP contribution < -0.4 is 10.2 Å². The molecule has 132 valence electrons. The molecule has 1 amide bonds. The van der Waals surface area contributed by atoms with Crippen molar-refractivity contribution in [3.8, 4) is 0 Å². The van der Waals surface area contributed by atoms with Gasteiger partial charge in [0.25, 0.3) is 5.91 Å². The Morgan fingerprint density at radius 2 is 1.92 bits per heavy atom. The van der Waals surface area contributed by atoms with Gasteiger partial charge in [-0.2, -0.15) is 0 Å². The Balaban J connectivity index is 1.59. The van der Waals surface area contributed by atoms with Crippen molar-refractivity contribution in [2.75, 3.05) is 18.5 Å². The zero-order valence-electron chi connectivity index (χ0n) is 14.5. The van der Waals surface area contributed by atoms with Crippen molar-refractivity contribution < 1.29 is 4.79 Å². The van der Waals surface area contributed by atoms with Crippen molar-refractivity contribution in [2.45, 2.75) is 13.0 Å². The predicted octanol–water partition coefficient (Wildman–Crippen LogP) is 1.88. The lowest BCUT2D eigenvalue weighted by atomic mass is 10.2. The number of carbonyl (C=O) groups is 1. The van der Waals surface area contributed by atoms with Crippen molar-refractivity contribution in [1.29, 1.82) is 0 Å². The summed E-state index contributed by atoms with van der Waals surface area (Å²) in [7, 11) is 1.95. The van der Waals surface area contributed by atoms with E-state index >= 15 is 0 Å². The second kappa shape index (κ2) is 8.66. The molecule has 0 radical (unpaired) electrons. The number of hydrogen-bond acceptors (Lipinski definition) is 6. The Labute approximate surface area is 152 Å². The summed E-state index contributed by atoms with van der Waals surface area (Å²) in [5, 5.41) is 2.84. The third-order valence-electron chi connectivity index (χ3n) is 3.94. The lowest BCUT2D eigenvalue weighted by Crippen LogP contribution is -2.26. The van der Waals surface area contributed by atoms with Crippen LogP contribution >= 0.6 is 0 Å². The second-order valence-corrected chi connectivity index (χ2v) is 5.83. The number of nitrogens with zero attached hydrogens (tertiary/aromatic N) is 5. The Morgan fingerprint density at radius 3 is 2.69 bits per heavy atom. The Bertz CT molecular complexity index is 841. The summed E-state index contributed by atoms with van der Waals surface area (Å²) < 4.78 is 0. The molecule has 3 aromatic rings. The van der Waals surface area contributed by atoms with Crippen LogP contribution in [0.1, 0.15) is 21.6 Å². The Kier molecular flexibility index (Phi) is 5.82. The van der Waals surface area contributed by atoms with E-state index in [2.05, 4.69) is 25.3 Å². The summed E-state index contributed by atoms with van der Waals surface area (Å²) in [5.41, 5.74) is 2.48. The predicted molar refractivity (Wildman–Crippen MR) is 98.7 cm³/mol. The van der Waals surface area contributed by atoms with E-state index in [1.165, 1.54) is 11.9 Å². The van der Waals surface area contributed by atoms with Gasteiger partial charge < -0.3 is 10.2 Å². The van der Waals surface area contributed by atoms with Gasteiger partial charge in [-0.3, -0.25) is 14.8 Å². The number of likely N-dealkylation sites (N-methyl/N-ethyl adjacent to an activating group) is 1. The van der Waals surface area contributed by atoms with E-state index in [1.807, 2.05) is 36.2 Å². The van der Waals surface area contributed by atoms with Crippen LogP contribution in [0, 0.1) is 0 Å². The number of rotatable bonds is 7. The molecule has 0 aliphatic carbocycles. The van der Waals surface area contributed by atoms with Crippen LogP contribution in [-0.4, -0.2) is 39.4 Å². The molecule has 0 saturated carbocycles. The molecule has 3 aromatic heterocycles. The average Bonchev–Trinajstić information content (AvgIpc) is 2.72. The van der Waals surface area contributed by atoms with E-state index in [-0.39, 0.29) is 5.91 Å². The summed E-state index contributed by atoms with van der Waals surface area (Å²) in [6.45, 7) is 1.18. The van der Waals surface area contributed by atoms with Gasteiger partial charge >= 0.3 is 0 Å². The lowest BCUT2D eigenvalue weighted by Gasteiger charge is -2.18. The minimum Gasteiger partial charge on any atom is -0.359 e. The first-order valence-electron chi connectivity index (χ1n) is 8.31. The van der Waals surface area contributed by atoms with Gasteiger partial charge in [-0.1, -0.05) is 6.07 Å². The van der Waals surface area contributed by atoms with Crippen LogP contribution in [0.15, 0.2) is 61.4 Å². The topological polar surface area (TPSA) is 83.9 Å². The third kappa shape index (κ3) is 4.83. The molecular weight excluding hydrogens is 328 g/mol. The highest BCUT2D eigenvalue weighted by atomic mass is 16.1. The largest absolute Gasteiger partial charge is 0.359 e. The molecule has 0 atom stereocenters. The third-order valence-corrected chi connectivity index (χ3v) is 3.94. The van der Waals surface area contributed by atoms with E-state index in [9.17, 15) is 4.79 Å². The quantitative estimate of drug-likeness (QED) is 0.702. The highest BCUT2D eigenvalue weighted by Gasteiger charge is 2.11. The van der Waals surface area contributed by atoms with Crippen LogP contribution in [-0.2, 0) is 13.0 Å². The van der Waals surface area contributed by atoms with Gasteiger partial charge in [0, 0.05) is 51.0 Å². The monoisotopic (exact) mass is 348 g/mol. The summed E-state index contributed by atoms with van der Waals surface area (Å²) >= 11 is 0. The molecule has 0 saturated heterocycles. The van der Waals surface area contributed by atoms with Crippen molar-refractivity contribution in [3.05, 3.63) is 78.3 Å². The smallest absolute Gasteiger partial charge is 0.270 e. The fourth-order valence-corrected chi connectivity index (χ4v) is 2.42. The lowest BCUT2D eigenvalue weighted by molar-refractivity contribution is 0.0945. The number of nitrogens with one attached hydrogen (secondary N) is 1. The molecular formula is C19H20N6O. The molecule has 3 rings (SSSR count). The maximum atomic E-state index is 12.3. The van der Waals surface area contributed by atoms with Crippen LogP contribution in [0.4, 0.5) is 5.82 Å². The van der Waals surface area contributed by atoms with Gasteiger partial charge in [-0.25, -0.2) is 9.97 Å². The number of carbonyl (C=O) groups excluding carboxylic acids is 1. The van der Waals surface area contributed by atoms with E-state index in [0.29, 0.717) is 18.1 Å². The van der Waals surface area contributed by atoms with E-state index in [4.69, 9.17) is 0 Å². The summed E-state index contributed by atoms with van der Waals surface area (Å²) in [6, 6.07) is 9.43. The van der Waals surface area contributed by atoms with E-state index < -0.39 is 0 Å². The fraction of sp³-hybridized carbons (Fsp3) is 0.211. The zero-order chi connectivity index (χ0) is 18.2. The first-order chi connectivity index (χ1) is 12.7. The van der Waals surface area contributed by atoms with Crippen LogP contribution in [0.2, 0.25) is 0 Å². The molecule has 3 heterocycles. The molecule has 7 nitrogen and oxygen atoms in total. The molecule has 0 fully saturated rings. The number of amides is 1. The summed E-state index contributed by atoms with van der Waals surface area (Å²) in [4.78, 5) is 30.7. The van der Waals surface area contributed by atoms with Gasteiger partial charge in [-0.15, -0.1) is 0 Å². The fourth-order valence-electron chi connectivity index (χ4n) is 2.42. The maximum Gasteiger partial charge on any atom is 0.270 e. The average molecular weight is 348 g/mol. The van der Waals surface area contributed by atoms with E-state index in [1.54, 1.807) is 30.9 Å². The second-order valence-electron chi connectivity index (χ2n) is 5.83. The van der Waals surface area contributed by atoms with Gasteiger partial charge in [-0.05, 0) is 35.7 Å². The molecule has 0 bridgehead atoms. The Hall–Kier alpha value is -3.35. The number of hydrogen-bond donors (Lipinski definition) is 1. The number of anilines is 1. The molecule has 1 N–H and O–H groups in total. The highest BCUT2D eigenvalue weighted by Crippen LogP contribution is 2.10. The molecule has 0 aliphatic rings. The van der Waals surface area contributed by atoms with Crippen molar-refractivity contribution in [3.63, 3.8) is 0 Å². The van der Waals surface area contributed by atoms with Gasteiger partial charge in [0.05, 0.1) is 0 Å². The highest BCUT2D eigenvalue weighted by molar-refractivity contribution is 5.92. The summed E-state index contributed by atoms with van der Waals surface area (Å²) in [5.74, 6) is 0.473. The van der Waals surface area contributed by atoms with Crippen molar-refractivity contribution >= 4 is 11.7 Å². The van der Waals surface area contributed by atoms with Gasteiger partial charge in [0.2, 0.25) is 0 Å². The molecule has 0 aliphatic heterocycles. The molecule has 0 aromatic carbocycles. The summed E-state index contributed by atoms with van der Waals surface area (Å²) in [6.07, 6.45) is 9.26. The minimum atomic E-state index is -0.236. The van der Waals surface area contributed by atoms with Crippen LogP contribution in [0.25, 0.3) is 0 Å². The standard InChI is InChI=1S/C19H20N6O/c1-25(10-6-15-4-8-20-9-5-15)18-11-17(23-14-24-18)19(26)22-13-16-3-2-7-21-12-16/h2-5,7-9,11-12,14H,6,10,13H2,1H3,(H,22,26). The zero-order valence-corrected chi connectivity index (χ0v) is 14.5. The number of pyridine rings is 2. The van der Waals surface area contributed by atoms with Crippen LogP contribution in [0.5, 0.6) is 0 Å². The minimum absolute atomic E-state index is 0.236. The van der Waals surface area contributed by atoms with Crippen molar-refractivity contribution in [1.82, 2.24) is 25.3 Å². The first kappa shape index (κ1) is 17.5. The van der Waals surface area contributed by atoms with Crippen molar-refractivity contribution in [2.24, 2.45) is 0 Å². The SMILES string of the molecule is CN(CCc1ccncc1)c1cc(C(=O)NCc2cccnc2)ncn1. The van der Waals surface area contributed by atoms with E-state index in [0.717, 1.165) is 18.5 Å². The van der Waals surface area contributed by atoms with Gasteiger partial charge in [0.15, 0.2) is 0 Å². The first-order valence-corrected chi connectivity index (χ1v) is 8.31. The Morgan fingerprint density at radius 1 is 1.08 bits per heavy atom.